The van der Waals surface area contributed by atoms with E-state index < -0.39 is 5.54 Å². The van der Waals surface area contributed by atoms with E-state index in [4.69, 9.17) is 17.3 Å². The Labute approximate surface area is 205 Å². The van der Waals surface area contributed by atoms with Crippen LogP contribution >= 0.6 is 11.6 Å². The van der Waals surface area contributed by atoms with E-state index in [9.17, 15) is 9.59 Å². The zero-order valence-corrected chi connectivity index (χ0v) is 20.2. The van der Waals surface area contributed by atoms with Crippen LogP contribution in [0.15, 0.2) is 77.8 Å². The second-order valence-corrected chi connectivity index (χ2v) is 9.28. The Kier molecular flexibility index (Phi) is 6.85. The summed E-state index contributed by atoms with van der Waals surface area (Å²) >= 11 is 6.34. The summed E-state index contributed by atoms with van der Waals surface area (Å²) in [6, 6.07) is 23.4. The highest BCUT2D eigenvalue weighted by molar-refractivity contribution is 6.30. The molecular weight excluding hydrogens is 446 g/mol. The lowest BCUT2D eigenvalue weighted by molar-refractivity contribution is -0.130. The van der Waals surface area contributed by atoms with Crippen LogP contribution in [0.5, 0.6) is 0 Å². The molecule has 3 aromatic carbocycles. The summed E-state index contributed by atoms with van der Waals surface area (Å²) in [7, 11) is 1.63. The highest BCUT2D eigenvalue weighted by Crippen LogP contribution is 2.36. The van der Waals surface area contributed by atoms with Gasteiger partial charge in [0.2, 0.25) is 0 Å². The fraction of sp³-hybridized carbons (Fsp3) is 0.250. The Morgan fingerprint density at radius 3 is 2.53 bits per heavy atom. The summed E-state index contributed by atoms with van der Waals surface area (Å²) in [6.07, 6.45) is 2.48. The number of likely N-dealkylation sites (N-methyl/N-ethyl adjacent to an activating group) is 1. The number of hydrogen-bond acceptors (Lipinski definition) is 4. The predicted octanol–water partition coefficient (Wildman–Crippen LogP) is 5.14. The summed E-state index contributed by atoms with van der Waals surface area (Å²) in [5.41, 5.74) is 9.71. The number of benzene rings is 3. The molecule has 6 heteroatoms. The standard InChI is InChI=1S/C28H28ClN3O2/c1-28(26(34)32(2)27(30)31-28)22-12-6-11-21(17-22)25-18-23(29)15-14-20(25)10-7-13-24(33)16-19-8-4-3-5-9-19/h3-6,8-9,11-12,14-15,17-18H,7,10,13,16H2,1-2H3,(H2,30,31). The van der Waals surface area contributed by atoms with Crippen LogP contribution in [0.25, 0.3) is 11.1 Å². The number of hydrogen-bond donors (Lipinski definition) is 1. The summed E-state index contributed by atoms with van der Waals surface area (Å²) in [4.78, 5) is 31.1. The monoisotopic (exact) mass is 473 g/mol. The first kappa shape index (κ1) is 23.7. The maximum Gasteiger partial charge on any atom is 0.261 e. The Hall–Kier alpha value is -3.44. The molecule has 1 heterocycles. The lowest BCUT2D eigenvalue weighted by Gasteiger charge is -2.21. The van der Waals surface area contributed by atoms with Crippen LogP contribution in [0.4, 0.5) is 0 Å². The number of nitrogens with zero attached hydrogens (tertiary/aromatic N) is 2. The predicted molar refractivity (Wildman–Crippen MR) is 137 cm³/mol. The van der Waals surface area contributed by atoms with Crippen molar-refractivity contribution in [3.05, 3.63) is 94.5 Å². The number of carbonyl (C=O) groups is 2. The summed E-state index contributed by atoms with van der Waals surface area (Å²) in [6.45, 7) is 1.78. The zero-order valence-electron chi connectivity index (χ0n) is 19.4. The molecule has 0 saturated carbocycles. The number of Topliss-reactive ketones (excluding diaryl/α,β-unsaturated/α-hetero) is 1. The van der Waals surface area contributed by atoms with Crippen LogP contribution in [0.3, 0.4) is 0 Å². The van der Waals surface area contributed by atoms with E-state index in [0.717, 1.165) is 40.7 Å². The van der Waals surface area contributed by atoms with Gasteiger partial charge in [0.1, 0.15) is 5.78 Å². The number of rotatable bonds is 8. The number of amides is 1. The van der Waals surface area contributed by atoms with Crippen molar-refractivity contribution in [3.63, 3.8) is 0 Å². The van der Waals surface area contributed by atoms with Crippen molar-refractivity contribution in [1.29, 1.82) is 0 Å². The minimum atomic E-state index is -1.06. The van der Waals surface area contributed by atoms with E-state index in [1.807, 2.05) is 72.8 Å². The highest BCUT2D eigenvalue weighted by Gasteiger charge is 2.43. The van der Waals surface area contributed by atoms with Gasteiger partial charge in [-0.3, -0.25) is 14.5 Å². The third-order valence-corrected chi connectivity index (χ3v) is 6.59. The number of aryl methyl sites for hydroxylation is 1. The van der Waals surface area contributed by atoms with Crippen molar-refractivity contribution >= 4 is 29.3 Å². The lowest BCUT2D eigenvalue weighted by atomic mass is 9.88. The maximum atomic E-state index is 12.8. The molecule has 3 aromatic rings. The first-order chi connectivity index (χ1) is 16.3. The van der Waals surface area contributed by atoms with E-state index >= 15 is 0 Å². The number of nitrogens with two attached hydrogens (primary N) is 1. The normalized spacial score (nSPS) is 17.7. The second-order valence-electron chi connectivity index (χ2n) is 8.84. The van der Waals surface area contributed by atoms with Crippen molar-refractivity contribution in [2.45, 2.75) is 38.1 Å². The van der Waals surface area contributed by atoms with Gasteiger partial charge in [0, 0.05) is 24.9 Å². The molecule has 0 saturated heterocycles. The fourth-order valence-electron chi connectivity index (χ4n) is 4.38. The van der Waals surface area contributed by atoms with Gasteiger partial charge < -0.3 is 5.73 Å². The van der Waals surface area contributed by atoms with E-state index in [1.54, 1.807) is 14.0 Å². The molecule has 1 atom stereocenters. The van der Waals surface area contributed by atoms with E-state index in [2.05, 4.69) is 4.99 Å². The molecule has 1 aliphatic rings. The molecule has 4 rings (SSSR count). The molecule has 0 bridgehead atoms. The number of guanidine groups is 1. The van der Waals surface area contributed by atoms with Crippen LogP contribution < -0.4 is 5.73 Å². The van der Waals surface area contributed by atoms with Crippen molar-refractivity contribution in [2.75, 3.05) is 7.05 Å². The molecule has 5 nitrogen and oxygen atoms in total. The molecule has 1 amide bonds. The first-order valence-electron chi connectivity index (χ1n) is 11.4. The minimum absolute atomic E-state index is 0.162. The van der Waals surface area contributed by atoms with Gasteiger partial charge in [-0.15, -0.1) is 0 Å². The Bertz CT molecular complexity index is 1260. The van der Waals surface area contributed by atoms with Gasteiger partial charge in [0.15, 0.2) is 11.5 Å². The van der Waals surface area contributed by atoms with Crippen molar-refractivity contribution < 1.29 is 9.59 Å². The van der Waals surface area contributed by atoms with Crippen LogP contribution in [0.2, 0.25) is 5.02 Å². The summed E-state index contributed by atoms with van der Waals surface area (Å²) in [5, 5.41) is 0.634. The lowest BCUT2D eigenvalue weighted by Crippen LogP contribution is -2.38. The third-order valence-electron chi connectivity index (χ3n) is 6.36. The molecule has 0 aromatic heterocycles. The second kappa shape index (κ2) is 9.82. The quantitative estimate of drug-likeness (QED) is 0.492. The highest BCUT2D eigenvalue weighted by atomic mass is 35.5. The van der Waals surface area contributed by atoms with Crippen LogP contribution in [0, 0.1) is 0 Å². The summed E-state index contributed by atoms with van der Waals surface area (Å²) < 4.78 is 0. The van der Waals surface area contributed by atoms with Crippen LogP contribution in [-0.2, 0) is 28.0 Å². The fourth-order valence-corrected chi connectivity index (χ4v) is 4.56. The molecule has 34 heavy (non-hydrogen) atoms. The van der Waals surface area contributed by atoms with Gasteiger partial charge in [-0.05, 0) is 65.8 Å². The number of halogens is 1. The number of aliphatic imine (C=N–C) groups is 1. The SMILES string of the molecule is CN1C(=O)C(C)(c2cccc(-c3cc(Cl)ccc3CCCC(=O)Cc3ccccc3)c2)N=C1N. The van der Waals surface area contributed by atoms with Gasteiger partial charge in [0.05, 0.1) is 0 Å². The van der Waals surface area contributed by atoms with Gasteiger partial charge in [-0.25, -0.2) is 4.99 Å². The minimum Gasteiger partial charge on any atom is -0.369 e. The first-order valence-corrected chi connectivity index (χ1v) is 11.7. The van der Waals surface area contributed by atoms with Gasteiger partial charge in [0.25, 0.3) is 5.91 Å². The molecular formula is C28H28ClN3O2. The topological polar surface area (TPSA) is 75.8 Å². The third kappa shape index (κ3) is 4.90. The van der Waals surface area contributed by atoms with Crippen molar-refractivity contribution in [3.8, 4) is 11.1 Å². The average molecular weight is 474 g/mol. The average Bonchev–Trinajstić information content (AvgIpc) is 3.04. The molecule has 1 unspecified atom stereocenters. The van der Waals surface area contributed by atoms with E-state index in [1.165, 1.54) is 4.90 Å². The smallest absolute Gasteiger partial charge is 0.261 e. The van der Waals surface area contributed by atoms with Gasteiger partial charge >= 0.3 is 0 Å². The summed E-state index contributed by atoms with van der Waals surface area (Å²) in [5.74, 6) is 0.280. The molecule has 0 fully saturated rings. The Morgan fingerprint density at radius 2 is 1.82 bits per heavy atom. The zero-order chi connectivity index (χ0) is 24.3. The molecule has 0 spiro atoms. The van der Waals surface area contributed by atoms with Crippen molar-refractivity contribution in [2.24, 2.45) is 10.7 Å². The number of ketones is 1. The van der Waals surface area contributed by atoms with Gasteiger partial charge in [-0.1, -0.05) is 66.2 Å². The molecule has 0 radical (unpaired) electrons. The van der Waals surface area contributed by atoms with Gasteiger partial charge in [-0.2, -0.15) is 0 Å². The van der Waals surface area contributed by atoms with Crippen LogP contribution in [-0.4, -0.2) is 29.6 Å². The molecule has 0 aliphatic carbocycles. The molecule has 174 valence electrons. The molecule has 2 N–H and O–H groups in total. The Balaban J connectivity index is 1.53. The molecule has 1 aliphatic heterocycles. The van der Waals surface area contributed by atoms with E-state index in [0.29, 0.717) is 17.9 Å². The largest absolute Gasteiger partial charge is 0.369 e. The van der Waals surface area contributed by atoms with Crippen molar-refractivity contribution in [1.82, 2.24) is 4.90 Å². The van der Waals surface area contributed by atoms with Crippen LogP contribution in [0.1, 0.15) is 36.5 Å². The Morgan fingerprint density at radius 1 is 1.06 bits per heavy atom. The number of carbonyl (C=O) groups excluding carboxylic acids is 2. The maximum absolute atomic E-state index is 12.8. The van der Waals surface area contributed by atoms with E-state index in [-0.39, 0.29) is 17.6 Å².